The Morgan fingerprint density at radius 2 is 0.638 bits per heavy atom. The molecule has 2 aromatic heterocycles. The molecule has 0 spiro atoms. The number of nitrogens with zero attached hydrogens (tertiary/aromatic N) is 2. The van der Waals surface area contributed by atoms with Gasteiger partial charge in [-0.1, -0.05) is 194 Å². The minimum atomic E-state index is 0.952. The first-order valence-electron chi connectivity index (χ1n) is 19.8. The van der Waals surface area contributed by atoms with Gasteiger partial charge in [-0.2, -0.15) is 0 Å². The molecule has 0 bridgehead atoms. The smallest absolute Gasteiger partial charge is 0.0794 e. The molecule has 11 aromatic rings. The lowest BCUT2D eigenvalue weighted by Crippen LogP contribution is -1.94. The van der Waals surface area contributed by atoms with Crippen LogP contribution in [0.25, 0.3) is 110 Å². The second kappa shape index (κ2) is 14.1. The number of pyridine rings is 2. The van der Waals surface area contributed by atoms with Gasteiger partial charge in [-0.25, -0.2) is 9.97 Å². The molecule has 0 amide bonds. The molecule has 0 fully saturated rings. The maximum atomic E-state index is 5.47. The van der Waals surface area contributed by atoms with Crippen LogP contribution in [-0.2, 0) is 0 Å². The number of rotatable bonds is 6. The summed E-state index contributed by atoms with van der Waals surface area (Å²) >= 11 is 0. The molecule has 0 aliphatic carbocycles. The van der Waals surface area contributed by atoms with Crippen molar-refractivity contribution in [1.82, 2.24) is 9.97 Å². The van der Waals surface area contributed by atoms with Gasteiger partial charge in [0.15, 0.2) is 0 Å². The van der Waals surface area contributed by atoms with Crippen LogP contribution >= 0.6 is 0 Å². The zero-order valence-electron chi connectivity index (χ0n) is 31.7. The normalized spacial score (nSPS) is 11.4. The third-order valence-electron chi connectivity index (χ3n) is 11.5. The van der Waals surface area contributed by atoms with Crippen LogP contribution in [0.5, 0.6) is 0 Å². The fourth-order valence-corrected chi connectivity index (χ4v) is 8.58. The summed E-state index contributed by atoms with van der Waals surface area (Å²) in [6.45, 7) is 0. The molecule has 0 saturated heterocycles. The van der Waals surface area contributed by atoms with Gasteiger partial charge in [0.2, 0.25) is 0 Å². The molecule has 270 valence electrons. The second-order valence-electron chi connectivity index (χ2n) is 14.9. The van der Waals surface area contributed by atoms with Crippen molar-refractivity contribution in [2.75, 3.05) is 0 Å². The molecule has 2 nitrogen and oxygen atoms in total. The van der Waals surface area contributed by atoms with Crippen LogP contribution in [0.3, 0.4) is 0 Å². The van der Waals surface area contributed by atoms with Crippen LogP contribution in [0.1, 0.15) is 0 Å². The van der Waals surface area contributed by atoms with E-state index in [4.69, 9.17) is 9.97 Å². The molecular weight excluding hydrogens is 701 g/mol. The number of aromatic nitrogens is 2. The Morgan fingerprint density at radius 1 is 0.241 bits per heavy atom. The molecule has 0 atom stereocenters. The third kappa shape index (κ3) is 5.91. The molecule has 0 unspecified atom stereocenters. The number of fused-ring (bicyclic) bond motifs is 5. The average Bonchev–Trinajstić information content (AvgIpc) is 3.31. The number of hydrogen-bond donors (Lipinski definition) is 0. The predicted molar refractivity (Wildman–Crippen MR) is 245 cm³/mol. The Morgan fingerprint density at radius 3 is 1.19 bits per heavy atom. The van der Waals surface area contributed by atoms with E-state index in [1.165, 1.54) is 44.3 Å². The lowest BCUT2D eigenvalue weighted by molar-refractivity contribution is 1.41. The highest BCUT2D eigenvalue weighted by Crippen LogP contribution is 2.42. The summed E-state index contributed by atoms with van der Waals surface area (Å²) in [7, 11) is 0. The Balaban J connectivity index is 1.09. The Kier molecular flexibility index (Phi) is 8.19. The van der Waals surface area contributed by atoms with Crippen LogP contribution in [0.4, 0.5) is 0 Å². The maximum absolute atomic E-state index is 5.47. The van der Waals surface area contributed by atoms with Crippen LogP contribution in [0.2, 0.25) is 0 Å². The molecule has 0 saturated carbocycles. The lowest BCUT2D eigenvalue weighted by atomic mass is 9.89. The Labute approximate surface area is 337 Å². The topological polar surface area (TPSA) is 25.8 Å². The standard InChI is InChI=1S/C56H36N2/c1-3-13-37(14-4-1)39-23-27-42(28-24-39)50-36-54(43-31-25-40(26-32-43)38-15-5-2-6-16-38)58-56-46-18-8-7-17-45(46)49(35-51(50)56)41-29-33-44(34-30-41)55-47-19-9-11-21-52(47)57-53-22-12-10-20-48(53)55/h1-36H. The molecule has 0 aliphatic rings. The van der Waals surface area contributed by atoms with Gasteiger partial charge in [-0.05, 0) is 79.7 Å². The third-order valence-corrected chi connectivity index (χ3v) is 11.5. The van der Waals surface area contributed by atoms with Crippen molar-refractivity contribution in [2.24, 2.45) is 0 Å². The highest BCUT2D eigenvalue weighted by Gasteiger charge is 2.17. The van der Waals surface area contributed by atoms with Crippen LogP contribution in [-0.4, -0.2) is 9.97 Å². The summed E-state index contributed by atoms with van der Waals surface area (Å²) in [6, 6.07) is 78.3. The first-order chi connectivity index (χ1) is 28.7. The minimum Gasteiger partial charge on any atom is -0.248 e. The van der Waals surface area contributed by atoms with E-state index in [0.717, 1.165) is 66.0 Å². The number of benzene rings is 9. The molecule has 58 heavy (non-hydrogen) atoms. The molecule has 2 heterocycles. The lowest BCUT2D eigenvalue weighted by Gasteiger charge is -2.17. The van der Waals surface area contributed by atoms with E-state index in [1.807, 2.05) is 0 Å². The number of para-hydroxylation sites is 2. The van der Waals surface area contributed by atoms with E-state index in [0.29, 0.717) is 0 Å². The van der Waals surface area contributed by atoms with Gasteiger partial charge in [0.1, 0.15) is 0 Å². The molecular formula is C56H36N2. The summed E-state index contributed by atoms with van der Waals surface area (Å²) in [5.74, 6) is 0. The summed E-state index contributed by atoms with van der Waals surface area (Å²) in [5, 5.41) is 5.75. The van der Waals surface area contributed by atoms with E-state index in [1.54, 1.807) is 0 Å². The molecule has 0 N–H and O–H groups in total. The first-order valence-corrected chi connectivity index (χ1v) is 19.8. The van der Waals surface area contributed by atoms with Crippen molar-refractivity contribution in [3.8, 4) is 66.9 Å². The summed E-state index contributed by atoms with van der Waals surface area (Å²) in [5.41, 5.74) is 16.9. The van der Waals surface area contributed by atoms with E-state index >= 15 is 0 Å². The summed E-state index contributed by atoms with van der Waals surface area (Å²) < 4.78 is 0. The molecule has 2 heteroatoms. The van der Waals surface area contributed by atoms with Crippen molar-refractivity contribution in [3.63, 3.8) is 0 Å². The van der Waals surface area contributed by atoms with Gasteiger partial charge in [0.25, 0.3) is 0 Å². The maximum Gasteiger partial charge on any atom is 0.0794 e. The van der Waals surface area contributed by atoms with Crippen LogP contribution in [0.15, 0.2) is 218 Å². The van der Waals surface area contributed by atoms with Crippen molar-refractivity contribution < 1.29 is 0 Å². The summed E-state index contributed by atoms with van der Waals surface area (Å²) in [6.07, 6.45) is 0. The van der Waals surface area contributed by atoms with Gasteiger partial charge in [-0.15, -0.1) is 0 Å². The molecule has 9 aromatic carbocycles. The monoisotopic (exact) mass is 736 g/mol. The minimum absolute atomic E-state index is 0.952. The van der Waals surface area contributed by atoms with E-state index in [2.05, 4.69) is 218 Å². The zero-order chi connectivity index (χ0) is 38.4. The molecule has 11 rings (SSSR count). The van der Waals surface area contributed by atoms with Crippen LogP contribution < -0.4 is 0 Å². The molecule has 0 radical (unpaired) electrons. The van der Waals surface area contributed by atoms with E-state index in [9.17, 15) is 0 Å². The predicted octanol–water partition coefficient (Wildman–Crippen LogP) is 15.1. The van der Waals surface area contributed by atoms with E-state index in [-0.39, 0.29) is 0 Å². The highest BCUT2D eigenvalue weighted by molar-refractivity contribution is 6.16. The first kappa shape index (κ1) is 33.6. The number of hydrogen-bond acceptors (Lipinski definition) is 2. The van der Waals surface area contributed by atoms with Gasteiger partial charge in [0, 0.05) is 32.7 Å². The zero-order valence-corrected chi connectivity index (χ0v) is 31.7. The highest BCUT2D eigenvalue weighted by atomic mass is 14.7. The Hall–Kier alpha value is -7.68. The van der Waals surface area contributed by atoms with Crippen molar-refractivity contribution in [3.05, 3.63) is 218 Å². The average molecular weight is 737 g/mol. The van der Waals surface area contributed by atoms with Crippen molar-refractivity contribution in [2.45, 2.75) is 0 Å². The van der Waals surface area contributed by atoms with Gasteiger partial charge < -0.3 is 0 Å². The Bertz CT molecular complexity index is 3230. The fraction of sp³-hybridized carbons (Fsp3) is 0. The van der Waals surface area contributed by atoms with Crippen LogP contribution in [0, 0.1) is 0 Å². The van der Waals surface area contributed by atoms with Crippen molar-refractivity contribution >= 4 is 43.5 Å². The van der Waals surface area contributed by atoms with E-state index < -0.39 is 0 Å². The fourth-order valence-electron chi connectivity index (χ4n) is 8.58. The van der Waals surface area contributed by atoms with Gasteiger partial charge >= 0.3 is 0 Å². The van der Waals surface area contributed by atoms with Gasteiger partial charge in [0.05, 0.1) is 22.2 Å². The quantitative estimate of drug-likeness (QED) is 0.125. The SMILES string of the molecule is c1ccc(-c2ccc(-c3cc(-c4ccc(-c5ccccc5)cc4)c4cc(-c5ccc(-c6c7ccccc7nc7ccccc67)cc5)c5ccccc5c4n3)cc2)cc1. The summed E-state index contributed by atoms with van der Waals surface area (Å²) in [4.78, 5) is 10.4. The van der Waals surface area contributed by atoms with Crippen molar-refractivity contribution in [1.29, 1.82) is 0 Å². The largest absolute Gasteiger partial charge is 0.248 e. The van der Waals surface area contributed by atoms with Gasteiger partial charge in [-0.3, -0.25) is 0 Å². The second-order valence-corrected chi connectivity index (χ2v) is 14.9. The molecule has 0 aliphatic heterocycles.